The molecular formula is C21H24N4O3. The van der Waals surface area contributed by atoms with Crippen molar-refractivity contribution in [1.29, 1.82) is 0 Å². The Balaban J connectivity index is 1.64. The average Bonchev–Trinajstić information content (AvgIpc) is 3.16. The molecule has 0 aliphatic rings. The van der Waals surface area contributed by atoms with Gasteiger partial charge in [0.05, 0.1) is 5.56 Å². The lowest BCUT2D eigenvalue weighted by Crippen LogP contribution is -2.26. The molecule has 2 aromatic heterocycles. The van der Waals surface area contributed by atoms with Crippen LogP contribution in [0, 0.1) is 6.92 Å². The molecule has 146 valence electrons. The molecule has 28 heavy (non-hydrogen) atoms. The van der Waals surface area contributed by atoms with Crippen LogP contribution in [0.25, 0.3) is 11.4 Å². The number of hydrogen-bond acceptors (Lipinski definition) is 5. The summed E-state index contributed by atoms with van der Waals surface area (Å²) in [7, 11) is 1.77. The topological polar surface area (TPSA) is 81.2 Å². The molecular weight excluding hydrogens is 356 g/mol. The van der Waals surface area contributed by atoms with Gasteiger partial charge in [-0.15, -0.1) is 0 Å². The highest BCUT2D eigenvalue weighted by atomic mass is 16.5. The van der Waals surface area contributed by atoms with Gasteiger partial charge in [-0.3, -0.25) is 9.59 Å². The second-order valence-corrected chi connectivity index (χ2v) is 6.68. The first kappa shape index (κ1) is 19.5. The number of aromatic nitrogens is 3. The van der Waals surface area contributed by atoms with E-state index in [9.17, 15) is 9.59 Å². The first-order chi connectivity index (χ1) is 13.5. The predicted molar refractivity (Wildman–Crippen MR) is 106 cm³/mol. The Morgan fingerprint density at radius 2 is 1.93 bits per heavy atom. The molecule has 3 rings (SSSR count). The summed E-state index contributed by atoms with van der Waals surface area (Å²) in [6.45, 7) is 4.92. The summed E-state index contributed by atoms with van der Waals surface area (Å²) in [6, 6.07) is 13.4. The third-order valence-electron chi connectivity index (χ3n) is 4.66. The van der Waals surface area contributed by atoms with Crippen LogP contribution in [0.15, 0.2) is 51.8 Å². The third-order valence-corrected chi connectivity index (χ3v) is 4.66. The number of hydrogen-bond donors (Lipinski definition) is 0. The molecule has 0 spiro atoms. The maximum absolute atomic E-state index is 12.5. The molecule has 7 heteroatoms. The normalized spacial score (nSPS) is 10.8. The van der Waals surface area contributed by atoms with Gasteiger partial charge in [0, 0.05) is 38.7 Å². The molecule has 2 heterocycles. The largest absolute Gasteiger partial charge is 0.341 e. The first-order valence-electron chi connectivity index (χ1n) is 9.31. The van der Waals surface area contributed by atoms with Crippen LogP contribution in [-0.4, -0.2) is 32.6 Å². The van der Waals surface area contributed by atoms with Gasteiger partial charge >= 0.3 is 0 Å². The van der Waals surface area contributed by atoms with Crippen molar-refractivity contribution in [3.8, 4) is 11.4 Å². The minimum absolute atomic E-state index is 0.00715. The van der Waals surface area contributed by atoms with E-state index in [4.69, 9.17) is 4.52 Å². The van der Waals surface area contributed by atoms with Crippen molar-refractivity contribution < 1.29 is 9.32 Å². The highest BCUT2D eigenvalue weighted by Gasteiger charge is 2.16. The molecule has 0 N–H and O–H groups in total. The summed E-state index contributed by atoms with van der Waals surface area (Å²) in [5.41, 5.74) is 2.21. The number of pyridine rings is 1. The van der Waals surface area contributed by atoms with E-state index in [0.717, 1.165) is 11.3 Å². The van der Waals surface area contributed by atoms with E-state index < -0.39 is 0 Å². The molecule has 1 amide bonds. The first-order valence-corrected chi connectivity index (χ1v) is 9.31. The number of rotatable bonds is 7. The van der Waals surface area contributed by atoms with Gasteiger partial charge in [0.15, 0.2) is 0 Å². The summed E-state index contributed by atoms with van der Waals surface area (Å²) in [6.07, 6.45) is 0.594. The molecule has 3 aromatic rings. The fraction of sp³-hybridized carbons (Fsp3) is 0.333. The number of carbonyl (C=O) groups excluding carboxylic acids is 1. The van der Waals surface area contributed by atoms with Crippen LogP contribution in [0.5, 0.6) is 0 Å². The number of nitrogens with zero attached hydrogens (tertiary/aromatic N) is 4. The minimum atomic E-state index is -0.145. The van der Waals surface area contributed by atoms with E-state index in [0.29, 0.717) is 31.0 Å². The van der Waals surface area contributed by atoms with Crippen LogP contribution in [0.2, 0.25) is 0 Å². The number of amides is 1. The second kappa shape index (κ2) is 8.65. The Kier molecular flexibility index (Phi) is 6.03. The maximum Gasteiger partial charge on any atom is 0.261 e. The third kappa shape index (κ3) is 4.36. The van der Waals surface area contributed by atoms with E-state index in [2.05, 4.69) is 10.1 Å². The average molecular weight is 380 g/mol. The van der Waals surface area contributed by atoms with Crippen molar-refractivity contribution in [3.63, 3.8) is 0 Å². The number of carbonyl (C=O) groups is 1. The number of benzene rings is 1. The fourth-order valence-corrected chi connectivity index (χ4v) is 3.05. The van der Waals surface area contributed by atoms with Crippen LogP contribution in [0.1, 0.15) is 30.5 Å². The van der Waals surface area contributed by atoms with Crippen molar-refractivity contribution in [2.24, 2.45) is 0 Å². The van der Waals surface area contributed by atoms with Gasteiger partial charge in [0.1, 0.15) is 0 Å². The Bertz CT molecular complexity index is 1010. The van der Waals surface area contributed by atoms with E-state index in [1.807, 2.05) is 50.2 Å². The summed E-state index contributed by atoms with van der Waals surface area (Å²) >= 11 is 0. The Hall–Kier alpha value is -3.22. The zero-order valence-corrected chi connectivity index (χ0v) is 16.4. The molecule has 0 aliphatic heterocycles. The Labute approximate surface area is 163 Å². The quantitative estimate of drug-likeness (QED) is 0.630. The molecule has 0 radical (unpaired) electrons. The molecule has 7 nitrogen and oxygen atoms in total. The van der Waals surface area contributed by atoms with Crippen molar-refractivity contribution in [3.05, 3.63) is 70.0 Å². The van der Waals surface area contributed by atoms with Crippen molar-refractivity contribution in [2.45, 2.75) is 39.8 Å². The van der Waals surface area contributed by atoms with Gasteiger partial charge in [-0.25, -0.2) is 0 Å². The molecule has 0 aliphatic carbocycles. The van der Waals surface area contributed by atoms with Gasteiger partial charge in [0.25, 0.3) is 5.56 Å². The van der Waals surface area contributed by atoms with E-state index in [1.54, 1.807) is 22.6 Å². The summed E-state index contributed by atoms with van der Waals surface area (Å²) < 4.78 is 6.91. The lowest BCUT2D eigenvalue weighted by molar-refractivity contribution is -0.130. The molecule has 0 saturated carbocycles. The lowest BCUT2D eigenvalue weighted by atomic mass is 10.2. The van der Waals surface area contributed by atoms with Gasteiger partial charge in [-0.05, 0) is 31.5 Å². The van der Waals surface area contributed by atoms with Crippen LogP contribution in [0.4, 0.5) is 0 Å². The summed E-state index contributed by atoms with van der Waals surface area (Å²) in [5.74, 6) is 0.596. The van der Waals surface area contributed by atoms with Crippen molar-refractivity contribution >= 4 is 5.91 Å². The van der Waals surface area contributed by atoms with Crippen molar-refractivity contribution in [2.75, 3.05) is 7.05 Å². The lowest BCUT2D eigenvalue weighted by Gasteiger charge is -2.16. The Morgan fingerprint density at radius 3 is 2.64 bits per heavy atom. The fourth-order valence-electron chi connectivity index (χ4n) is 3.05. The summed E-state index contributed by atoms with van der Waals surface area (Å²) in [5, 5.41) is 3.92. The Morgan fingerprint density at radius 1 is 1.18 bits per heavy atom. The summed E-state index contributed by atoms with van der Waals surface area (Å²) in [4.78, 5) is 30.9. The molecule has 0 unspecified atom stereocenters. The van der Waals surface area contributed by atoms with Crippen LogP contribution < -0.4 is 5.56 Å². The van der Waals surface area contributed by atoms with E-state index in [-0.39, 0.29) is 23.7 Å². The van der Waals surface area contributed by atoms with Crippen molar-refractivity contribution in [1.82, 2.24) is 19.6 Å². The second-order valence-electron chi connectivity index (χ2n) is 6.68. The van der Waals surface area contributed by atoms with E-state index in [1.165, 1.54) is 0 Å². The van der Waals surface area contributed by atoms with Gasteiger partial charge in [0.2, 0.25) is 17.6 Å². The van der Waals surface area contributed by atoms with Gasteiger partial charge in [-0.1, -0.05) is 35.5 Å². The standard InChI is InChI=1S/C21H24N4O3/c1-4-25-15(2)10-11-17(21(25)27)20-22-18(28-23-20)12-13-19(26)24(3)14-16-8-6-5-7-9-16/h5-11H,4,12-14H2,1-3H3. The van der Waals surface area contributed by atoms with E-state index >= 15 is 0 Å². The zero-order chi connectivity index (χ0) is 20.1. The molecule has 0 fully saturated rings. The monoisotopic (exact) mass is 380 g/mol. The highest BCUT2D eigenvalue weighted by molar-refractivity contribution is 5.76. The molecule has 1 aromatic carbocycles. The van der Waals surface area contributed by atoms with Crippen LogP contribution in [0.3, 0.4) is 0 Å². The highest BCUT2D eigenvalue weighted by Crippen LogP contribution is 2.14. The smallest absolute Gasteiger partial charge is 0.261 e. The number of aryl methyl sites for hydroxylation is 2. The maximum atomic E-state index is 12.5. The van der Waals surface area contributed by atoms with Gasteiger partial charge < -0.3 is 14.0 Å². The zero-order valence-electron chi connectivity index (χ0n) is 16.4. The molecule has 0 bridgehead atoms. The molecule has 0 saturated heterocycles. The van der Waals surface area contributed by atoms with Crippen LogP contribution >= 0.6 is 0 Å². The minimum Gasteiger partial charge on any atom is -0.341 e. The predicted octanol–water partition coefficient (Wildman–Crippen LogP) is 2.82. The van der Waals surface area contributed by atoms with Gasteiger partial charge in [-0.2, -0.15) is 4.98 Å². The molecule has 0 atom stereocenters. The SMILES string of the molecule is CCn1c(C)ccc(-c2noc(CCC(=O)N(C)Cc3ccccc3)n2)c1=O. The van der Waals surface area contributed by atoms with Crippen LogP contribution in [-0.2, 0) is 24.3 Å².